The molecule has 0 aromatic carbocycles. The molecule has 0 rings (SSSR count). The molecule has 0 aliphatic carbocycles. The maximum atomic E-state index is 13.0. The molecular formula is C69H136N2O6P+. The smallest absolute Gasteiger partial charge is 0.387 e. The first-order chi connectivity index (χ1) is 38.0. The van der Waals surface area contributed by atoms with Gasteiger partial charge in [0, 0.05) is 6.42 Å². The molecule has 0 heterocycles. The molecule has 1 amide bonds. The Morgan fingerprint density at radius 2 is 0.731 bits per heavy atom. The van der Waals surface area contributed by atoms with Crippen LogP contribution in [-0.2, 0) is 18.4 Å². The third-order valence-electron chi connectivity index (χ3n) is 15.9. The van der Waals surface area contributed by atoms with E-state index in [1.54, 1.807) is 6.08 Å². The average molecular weight is 1120 g/mol. The van der Waals surface area contributed by atoms with E-state index in [0.29, 0.717) is 17.4 Å². The fourth-order valence-corrected chi connectivity index (χ4v) is 11.2. The number of allylic oxidation sites excluding steroid dienone is 5. The number of carbonyl (C=O) groups is 1. The number of likely N-dealkylation sites (N-methyl/N-ethyl adjacent to an activating group) is 1. The summed E-state index contributed by atoms with van der Waals surface area (Å²) in [5, 5.41) is 14.0. The van der Waals surface area contributed by atoms with Crippen molar-refractivity contribution in [3.05, 3.63) is 36.5 Å². The molecule has 0 fully saturated rings. The van der Waals surface area contributed by atoms with Crippen LogP contribution in [0.2, 0.25) is 0 Å². The topological polar surface area (TPSA) is 105 Å². The molecule has 9 heteroatoms. The van der Waals surface area contributed by atoms with Gasteiger partial charge in [0.2, 0.25) is 5.91 Å². The van der Waals surface area contributed by atoms with Crippen LogP contribution in [-0.4, -0.2) is 73.4 Å². The molecule has 0 radical (unpaired) electrons. The number of aliphatic hydroxyl groups is 1. The number of amides is 1. The number of unbranched alkanes of at least 4 members (excludes halogenated alkanes) is 47. The van der Waals surface area contributed by atoms with E-state index >= 15 is 0 Å². The van der Waals surface area contributed by atoms with Crippen LogP contribution >= 0.6 is 7.82 Å². The second kappa shape index (κ2) is 60.3. The van der Waals surface area contributed by atoms with Crippen molar-refractivity contribution in [3.8, 4) is 0 Å². The lowest BCUT2D eigenvalue weighted by Crippen LogP contribution is -2.45. The molecule has 3 unspecified atom stereocenters. The van der Waals surface area contributed by atoms with Gasteiger partial charge in [0.25, 0.3) is 0 Å². The minimum Gasteiger partial charge on any atom is -0.387 e. The van der Waals surface area contributed by atoms with Gasteiger partial charge in [-0.05, 0) is 51.4 Å². The van der Waals surface area contributed by atoms with Crippen molar-refractivity contribution >= 4 is 13.7 Å². The van der Waals surface area contributed by atoms with Crippen LogP contribution in [0.1, 0.15) is 348 Å². The van der Waals surface area contributed by atoms with Crippen molar-refractivity contribution in [1.82, 2.24) is 5.32 Å². The van der Waals surface area contributed by atoms with Gasteiger partial charge in [-0.2, -0.15) is 0 Å². The summed E-state index contributed by atoms with van der Waals surface area (Å²) >= 11 is 0. The zero-order valence-electron chi connectivity index (χ0n) is 52.9. The third kappa shape index (κ3) is 62.3. The first-order valence-electron chi connectivity index (χ1n) is 34.4. The zero-order chi connectivity index (χ0) is 57.0. The number of carbonyl (C=O) groups excluding carboxylic acids is 1. The number of phosphoric acid groups is 1. The highest BCUT2D eigenvalue weighted by atomic mass is 31.2. The van der Waals surface area contributed by atoms with Gasteiger partial charge in [-0.15, -0.1) is 0 Å². The largest absolute Gasteiger partial charge is 0.472 e. The molecule has 3 N–H and O–H groups in total. The van der Waals surface area contributed by atoms with E-state index in [0.717, 1.165) is 38.5 Å². The molecule has 0 saturated carbocycles. The fourth-order valence-electron chi connectivity index (χ4n) is 10.5. The number of aliphatic hydroxyl groups excluding tert-OH is 1. The van der Waals surface area contributed by atoms with Crippen molar-refractivity contribution in [1.29, 1.82) is 0 Å². The third-order valence-corrected chi connectivity index (χ3v) is 16.8. The van der Waals surface area contributed by atoms with Gasteiger partial charge in [0.15, 0.2) is 0 Å². The number of hydrogen-bond donors (Lipinski definition) is 3. The quantitative estimate of drug-likeness (QED) is 0.0243. The SMILES string of the molecule is CCCCCCC/C=C\C/C=C\CCCCCCCCCCCCCCCCCCCCCCCCCC(=O)NC(COP(=O)(O)OCC[N+](C)(C)C)C(O)/C=C/CCCCCCCCCCCCCCCCCCCCC. The predicted octanol–water partition coefficient (Wildman–Crippen LogP) is 21.7. The Labute approximate surface area is 487 Å². The van der Waals surface area contributed by atoms with Gasteiger partial charge < -0.3 is 19.8 Å². The van der Waals surface area contributed by atoms with Crippen LogP contribution in [0, 0.1) is 0 Å². The van der Waals surface area contributed by atoms with Crippen molar-refractivity contribution < 1.29 is 32.9 Å². The molecule has 0 aliphatic rings. The molecule has 0 aromatic heterocycles. The molecular weight excluding hydrogens is 984 g/mol. The number of phosphoric ester groups is 1. The first kappa shape index (κ1) is 76.7. The highest BCUT2D eigenvalue weighted by molar-refractivity contribution is 7.47. The molecule has 78 heavy (non-hydrogen) atoms. The number of nitrogens with one attached hydrogen (secondary N) is 1. The average Bonchev–Trinajstić information content (AvgIpc) is 3.41. The number of quaternary nitrogens is 1. The van der Waals surface area contributed by atoms with E-state index in [1.165, 1.54) is 289 Å². The lowest BCUT2D eigenvalue weighted by Gasteiger charge is -2.25. The van der Waals surface area contributed by atoms with Crippen LogP contribution in [0.25, 0.3) is 0 Å². The van der Waals surface area contributed by atoms with Crippen molar-refractivity contribution in [3.63, 3.8) is 0 Å². The van der Waals surface area contributed by atoms with Gasteiger partial charge in [-0.1, -0.05) is 326 Å². The van der Waals surface area contributed by atoms with E-state index in [1.807, 2.05) is 27.2 Å². The monoisotopic (exact) mass is 1120 g/mol. The molecule has 462 valence electrons. The summed E-state index contributed by atoms with van der Waals surface area (Å²) in [5.74, 6) is -0.169. The summed E-state index contributed by atoms with van der Waals surface area (Å²) in [6.45, 7) is 4.86. The standard InChI is InChI=1S/C69H135N2O6P/c1-6-8-10-12-14-16-18-20-22-24-26-28-29-30-31-32-33-34-35-36-37-38-39-40-41-43-45-47-49-51-53-55-57-59-61-63-69(73)70-67(66-77-78(74,75)76-65-64-71(3,4)5)68(72)62-60-58-56-54-52-50-48-46-44-42-27-25-23-21-19-17-15-13-11-9-7-2/h18,20,24,26,60,62,67-68,72H,6-17,19,21-23,25,27-59,61,63-66H2,1-5H3,(H-,70,73,74,75)/p+1/b20-18-,26-24-,62-60+. The maximum absolute atomic E-state index is 13.0. The van der Waals surface area contributed by atoms with Crippen molar-refractivity contribution in [2.24, 2.45) is 0 Å². The molecule has 0 aliphatic heterocycles. The normalized spacial score (nSPS) is 13.9. The Morgan fingerprint density at radius 1 is 0.436 bits per heavy atom. The van der Waals surface area contributed by atoms with E-state index in [4.69, 9.17) is 9.05 Å². The predicted molar refractivity (Wildman–Crippen MR) is 341 cm³/mol. The van der Waals surface area contributed by atoms with Crippen LogP contribution in [0.15, 0.2) is 36.5 Å². The summed E-state index contributed by atoms with van der Waals surface area (Å²) in [6.07, 6.45) is 80.0. The van der Waals surface area contributed by atoms with E-state index in [9.17, 15) is 19.4 Å². The van der Waals surface area contributed by atoms with Gasteiger partial charge >= 0.3 is 7.82 Å². The summed E-state index contributed by atoms with van der Waals surface area (Å²) in [6, 6.07) is -0.845. The molecule has 0 spiro atoms. The van der Waals surface area contributed by atoms with Crippen LogP contribution in [0.3, 0.4) is 0 Å². The van der Waals surface area contributed by atoms with Crippen molar-refractivity contribution in [2.45, 2.75) is 360 Å². The van der Waals surface area contributed by atoms with E-state index in [2.05, 4.69) is 43.5 Å². The Hall–Kier alpha value is -1.28. The summed E-state index contributed by atoms with van der Waals surface area (Å²) in [4.78, 5) is 23.4. The molecule has 8 nitrogen and oxygen atoms in total. The zero-order valence-corrected chi connectivity index (χ0v) is 53.8. The number of nitrogens with zero attached hydrogens (tertiary/aromatic N) is 1. The van der Waals surface area contributed by atoms with Gasteiger partial charge in [-0.3, -0.25) is 13.8 Å². The van der Waals surface area contributed by atoms with Crippen LogP contribution < -0.4 is 5.32 Å². The van der Waals surface area contributed by atoms with Gasteiger partial charge in [0.05, 0.1) is 39.9 Å². The second-order valence-electron chi connectivity index (χ2n) is 24.9. The minimum atomic E-state index is -4.35. The summed E-state index contributed by atoms with van der Waals surface area (Å²) in [7, 11) is 1.59. The van der Waals surface area contributed by atoms with Gasteiger partial charge in [-0.25, -0.2) is 4.57 Å². The highest BCUT2D eigenvalue weighted by Crippen LogP contribution is 2.43. The Kier molecular flexibility index (Phi) is 59.3. The maximum Gasteiger partial charge on any atom is 0.472 e. The van der Waals surface area contributed by atoms with Crippen LogP contribution in [0.4, 0.5) is 0 Å². The Morgan fingerprint density at radius 3 is 1.05 bits per heavy atom. The Balaban J connectivity index is 3.99. The van der Waals surface area contributed by atoms with E-state index in [-0.39, 0.29) is 19.1 Å². The molecule has 0 bridgehead atoms. The van der Waals surface area contributed by atoms with Crippen molar-refractivity contribution in [2.75, 3.05) is 40.9 Å². The lowest BCUT2D eigenvalue weighted by atomic mass is 10.0. The molecule has 0 saturated heterocycles. The minimum absolute atomic E-state index is 0.0639. The van der Waals surface area contributed by atoms with Gasteiger partial charge in [0.1, 0.15) is 13.2 Å². The molecule has 0 aromatic rings. The van der Waals surface area contributed by atoms with Crippen LogP contribution in [0.5, 0.6) is 0 Å². The Bertz CT molecular complexity index is 1360. The number of hydrogen-bond acceptors (Lipinski definition) is 5. The fraction of sp³-hybridized carbons (Fsp3) is 0.899. The van der Waals surface area contributed by atoms with E-state index < -0.39 is 20.0 Å². The first-order valence-corrected chi connectivity index (χ1v) is 35.9. The summed E-state index contributed by atoms with van der Waals surface area (Å²) < 4.78 is 23.8. The second-order valence-corrected chi connectivity index (χ2v) is 26.4. The number of rotatable bonds is 64. The summed E-state index contributed by atoms with van der Waals surface area (Å²) in [5.41, 5.74) is 0. The highest BCUT2D eigenvalue weighted by Gasteiger charge is 2.28. The lowest BCUT2D eigenvalue weighted by molar-refractivity contribution is -0.870. The molecule has 3 atom stereocenters.